The van der Waals surface area contributed by atoms with Crippen LogP contribution in [0.3, 0.4) is 0 Å². The third-order valence-corrected chi connectivity index (χ3v) is 3.37. The summed E-state index contributed by atoms with van der Waals surface area (Å²) in [7, 11) is 1.63. The fraction of sp³-hybridized carbons (Fsp3) is 0.471. The van der Waals surface area contributed by atoms with E-state index in [0.717, 1.165) is 37.4 Å². The highest BCUT2D eigenvalue weighted by Gasteiger charge is 1.99. The number of carbonyl (C=O) groups excluding carboxylic acids is 1. The molecule has 4 nitrogen and oxygen atoms in total. The zero-order valence-electron chi connectivity index (χ0n) is 13.3. The SMILES string of the molecule is CCN(CC)CCCNC(=O)/C=C/c1cccc(OC)c1. The largest absolute Gasteiger partial charge is 0.497 e. The zero-order chi connectivity index (χ0) is 15.5. The van der Waals surface area contributed by atoms with Crippen molar-refractivity contribution in [1.82, 2.24) is 10.2 Å². The van der Waals surface area contributed by atoms with Gasteiger partial charge in [-0.2, -0.15) is 0 Å². The van der Waals surface area contributed by atoms with Gasteiger partial charge in [0, 0.05) is 12.6 Å². The molecule has 0 radical (unpaired) electrons. The van der Waals surface area contributed by atoms with Gasteiger partial charge in [0.05, 0.1) is 7.11 Å². The average molecular weight is 290 g/mol. The molecule has 4 heteroatoms. The zero-order valence-corrected chi connectivity index (χ0v) is 13.3. The molecule has 0 bridgehead atoms. The first-order chi connectivity index (χ1) is 10.2. The van der Waals surface area contributed by atoms with Gasteiger partial charge in [0.2, 0.25) is 5.91 Å². The number of rotatable bonds is 9. The smallest absolute Gasteiger partial charge is 0.243 e. The highest BCUT2D eigenvalue weighted by Crippen LogP contribution is 2.13. The average Bonchev–Trinajstić information content (AvgIpc) is 2.53. The summed E-state index contributed by atoms with van der Waals surface area (Å²) in [5.74, 6) is 0.731. The van der Waals surface area contributed by atoms with Crippen LogP contribution in [0.25, 0.3) is 6.08 Å². The van der Waals surface area contributed by atoms with E-state index in [1.165, 1.54) is 0 Å². The fourth-order valence-electron chi connectivity index (χ4n) is 2.03. The number of methoxy groups -OCH3 is 1. The van der Waals surface area contributed by atoms with E-state index >= 15 is 0 Å². The number of benzene rings is 1. The van der Waals surface area contributed by atoms with E-state index in [4.69, 9.17) is 4.74 Å². The maximum Gasteiger partial charge on any atom is 0.243 e. The van der Waals surface area contributed by atoms with Crippen molar-refractivity contribution in [3.63, 3.8) is 0 Å². The van der Waals surface area contributed by atoms with Crippen molar-refractivity contribution in [2.45, 2.75) is 20.3 Å². The van der Waals surface area contributed by atoms with Crippen LogP contribution in [0.5, 0.6) is 5.75 Å². The van der Waals surface area contributed by atoms with Crippen molar-refractivity contribution in [2.24, 2.45) is 0 Å². The van der Waals surface area contributed by atoms with E-state index in [-0.39, 0.29) is 5.91 Å². The van der Waals surface area contributed by atoms with E-state index in [9.17, 15) is 4.79 Å². The number of amides is 1. The Balaban J connectivity index is 2.31. The van der Waals surface area contributed by atoms with Gasteiger partial charge in [0.25, 0.3) is 0 Å². The monoisotopic (exact) mass is 290 g/mol. The van der Waals surface area contributed by atoms with Crippen molar-refractivity contribution >= 4 is 12.0 Å². The third-order valence-electron chi connectivity index (χ3n) is 3.37. The Morgan fingerprint density at radius 2 is 2.10 bits per heavy atom. The van der Waals surface area contributed by atoms with E-state index in [1.54, 1.807) is 19.3 Å². The third kappa shape index (κ3) is 6.95. The molecule has 116 valence electrons. The normalized spacial score (nSPS) is 11.0. The molecule has 1 rings (SSSR count). The highest BCUT2D eigenvalue weighted by atomic mass is 16.5. The summed E-state index contributed by atoms with van der Waals surface area (Å²) < 4.78 is 5.15. The molecular weight excluding hydrogens is 264 g/mol. The van der Waals surface area contributed by atoms with Gasteiger partial charge in [-0.25, -0.2) is 0 Å². The van der Waals surface area contributed by atoms with Gasteiger partial charge in [-0.1, -0.05) is 26.0 Å². The Hall–Kier alpha value is -1.81. The molecular formula is C17H26N2O2. The molecule has 0 spiro atoms. The second-order valence-corrected chi connectivity index (χ2v) is 4.78. The quantitative estimate of drug-likeness (QED) is 0.561. The van der Waals surface area contributed by atoms with Crippen molar-refractivity contribution in [3.05, 3.63) is 35.9 Å². The Morgan fingerprint density at radius 3 is 2.76 bits per heavy atom. The Bertz CT molecular complexity index is 454. The molecule has 21 heavy (non-hydrogen) atoms. The Labute approximate surface area is 127 Å². The standard InChI is InChI=1S/C17H26N2O2/c1-4-19(5-2)13-7-12-18-17(20)11-10-15-8-6-9-16(14-15)21-3/h6,8-11,14H,4-5,7,12-13H2,1-3H3,(H,18,20)/b11-10+. The number of nitrogens with zero attached hydrogens (tertiary/aromatic N) is 1. The molecule has 1 aromatic carbocycles. The van der Waals surface area contributed by atoms with Gasteiger partial charge in [-0.05, 0) is 49.8 Å². The van der Waals surface area contributed by atoms with Crippen molar-refractivity contribution in [1.29, 1.82) is 0 Å². The lowest BCUT2D eigenvalue weighted by Gasteiger charge is -2.17. The molecule has 0 aliphatic rings. The molecule has 0 aliphatic carbocycles. The van der Waals surface area contributed by atoms with Crippen LogP contribution in [0, 0.1) is 0 Å². The summed E-state index contributed by atoms with van der Waals surface area (Å²) in [6.07, 6.45) is 4.33. The van der Waals surface area contributed by atoms with Crippen LogP contribution in [0.15, 0.2) is 30.3 Å². The Kier molecular flexibility index (Phi) is 8.21. The number of ether oxygens (including phenoxy) is 1. The number of carbonyl (C=O) groups is 1. The lowest BCUT2D eigenvalue weighted by molar-refractivity contribution is -0.116. The minimum absolute atomic E-state index is 0.0580. The van der Waals surface area contributed by atoms with E-state index < -0.39 is 0 Å². The van der Waals surface area contributed by atoms with Gasteiger partial charge in [-0.15, -0.1) is 0 Å². The van der Waals surface area contributed by atoms with Crippen molar-refractivity contribution in [2.75, 3.05) is 33.3 Å². The molecule has 1 amide bonds. The topological polar surface area (TPSA) is 41.6 Å². The second-order valence-electron chi connectivity index (χ2n) is 4.78. The van der Waals surface area contributed by atoms with Crippen molar-refractivity contribution in [3.8, 4) is 5.75 Å². The van der Waals surface area contributed by atoms with Crippen LogP contribution in [-0.4, -0.2) is 44.1 Å². The van der Waals surface area contributed by atoms with Crippen LogP contribution in [0.2, 0.25) is 0 Å². The second kappa shape index (κ2) is 10.00. The van der Waals surface area contributed by atoms with Gasteiger partial charge in [-0.3, -0.25) is 4.79 Å². The summed E-state index contributed by atoms with van der Waals surface area (Å²) in [4.78, 5) is 14.1. The minimum Gasteiger partial charge on any atom is -0.497 e. The summed E-state index contributed by atoms with van der Waals surface area (Å²) >= 11 is 0. The number of nitrogens with one attached hydrogen (secondary N) is 1. The van der Waals surface area contributed by atoms with Crippen LogP contribution >= 0.6 is 0 Å². The van der Waals surface area contributed by atoms with Crippen LogP contribution < -0.4 is 10.1 Å². The fourth-order valence-corrected chi connectivity index (χ4v) is 2.03. The van der Waals surface area contributed by atoms with Gasteiger partial charge < -0.3 is 15.0 Å². The maximum absolute atomic E-state index is 11.7. The Morgan fingerprint density at radius 1 is 1.33 bits per heavy atom. The first-order valence-corrected chi connectivity index (χ1v) is 7.51. The predicted molar refractivity (Wildman–Crippen MR) is 87.4 cm³/mol. The number of hydrogen-bond donors (Lipinski definition) is 1. The van der Waals surface area contributed by atoms with Crippen LogP contribution in [0.1, 0.15) is 25.8 Å². The molecule has 0 atom stereocenters. The van der Waals surface area contributed by atoms with Crippen LogP contribution in [0.4, 0.5) is 0 Å². The summed E-state index contributed by atoms with van der Waals surface area (Å²) in [6.45, 7) is 8.14. The molecule has 0 aromatic heterocycles. The first-order valence-electron chi connectivity index (χ1n) is 7.51. The first kappa shape index (κ1) is 17.2. The van der Waals surface area contributed by atoms with Crippen molar-refractivity contribution < 1.29 is 9.53 Å². The molecule has 1 N–H and O–H groups in total. The van der Waals surface area contributed by atoms with E-state index in [1.807, 2.05) is 24.3 Å². The highest BCUT2D eigenvalue weighted by molar-refractivity contribution is 5.91. The maximum atomic E-state index is 11.7. The summed E-state index contributed by atoms with van der Waals surface area (Å²) in [5, 5.41) is 2.90. The molecule has 1 aromatic rings. The lowest BCUT2D eigenvalue weighted by Crippen LogP contribution is -2.29. The van der Waals surface area contributed by atoms with Gasteiger partial charge in [0.15, 0.2) is 0 Å². The van der Waals surface area contributed by atoms with Gasteiger partial charge in [0.1, 0.15) is 5.75 Å². The lowest BCUT2D eigenvalue weighted by atomic mass is 10.2. The number of hydrogen-bond acceptors (Lipinski definition) is 3. The molecule has 0 heterocycles. The van der Waals surface area contributed by atoms with Crippen LogP contribution in [-0.2, 0) is 4.79 Å². The molecule has 0 aliphatic heterocycles. The molecule has 0 unspecified atom stereocenters. The molecule has 0 saturated heterocycles. The molecule has 0 saturated carbocycles. The summed E-state index contributed by atoms with van der Waals surface area (Å²) in [5.41, 5.74) is 0.952. The predicted octanol–water partition coefficient (Wildman–Crippen LogP) is 2.56. The summed E-state index contributed by atoms with van der Waals surface area (Å²) in [6, 6.07) is 7.61. The van der Waals surface area contributed by atoms with E-state index in [0.29, 0.717) is 6.54 Å². The van der Waals surface area contributed by atoms with Gasteiger partial charge >= 0.3 is 0 Å². The van der Waals surface area contributed by atoms with E-state index in [2.05, 4.69) is 24.1 Å². The minimum atomic E-state index is -0.0580. The molecule has 0 fully saturated rings.